The first-order valence-electron chi connectivity index (χ1n) is 3.26. The van der Waals surface area contributed by atoms with Crippen molar-refractivity contribution in [3.8, 4) is 0 Å². The highest BCUT2D eigenvalue weighted by molar-refractivity contribution is 5.78. The molecule has 0 bridgehead atoms. The van der Waals surface area contributed by atoms with Gasteiger partial charge in [0.2, 0.25) is 12.3 Å². The number of hydrogen-bond donors (Lipinski definition) is 1. The maximum absolute atomic E-state index is 11.7. The normalized spacial score (nSPS) is 25.5. The molecule has 0 saturated carbocycles. The molecule has 10 heavy (non-hydrogen) atoms. The van der Waals surface area contributed by atoms with Crippen molar-refractivity contribution in [3.63, 3.8) is 0 Å². The van der Waals surface area contributed by atoms with Gasteiger partial charge in [0.15, 0.2) is 0 Å². The molecule has 0 radical (unpaired) electrons. The van der Waals surface area contributed by atoms with Crippen molar-refractivity contribution < 1.29 is 13.6 Å². The quantitative estimate of drug-likeness (QED) is 0.621. The molecule has 1 aliphatic rings. The van der Waals surface area contributed by atoms with E-state index in [-0.39, 0.29) is 18.4 Å². The molecule has 4 heteroatoms. The van der Waals surface area contributed by atoms with Crippen LogP contribution in [0.2, 0.25) is 0 Å². The number of hydrogen-bond acceptors (Lipinski definition) is 1. The fourth-order valence-electron chi connectivity index (χ4n) is 1.07. The van der Waals surface area contributed by atoms with Gasteiger partial charge in [0.25, 0.3) is 0 Å². The lowest BCUT2D eigenvalue weighted by molar-refractivity contribution is -0.119. The Morgan fingerprint density at radius 3 is 2.80 bits per heavy atom. The van der Waals surface area contributed by atoms with Crippen LogP contribution in [0.3, 0.4) is 0 Å². The van der Waals surface area contributed by atoms with E-state index in [2.05, 4.69) is 5.32 Å². The van der Waals surface area contributed by atoms with E-state index >= 15 is 0 Å². The van der Waals surface area contributed by atoms with Crippen molar-refractivity contribution in [2.75, 3.05) is 0 Å². The minimum Gasteiger partial charge on any atom is -0.353 e. The molecular formula is C6H9F2NO. The van der Waals surface area contributed by atoms with E-state index < -0.39 is 6.43 Å². The first-order valence-corrected chi connectivity index (χ1v) is 3.26. The molecule has 0 spiro atoms. The fraction of sp³-hybridized carbons (Fsp3) is 0.833. The largest absolute Gasteiger partial charge is 0.353 e. The summed E-state index contributed by atoms with van der Waals surface area (Å²) < 4.78 is 23.3. The van der Waals surface area contributed by atoms with E-state index in [1.165, 1.54) is 0 Å². The Labute approximate surface area is 57.6 Å². The summed E-state index contributed by atoms with van der Waals surface area (Å²) >= 11 is 0. The molecule has 0 aromatic rings. The summed E-state index contributed by atoms with van der Waals surface area (Å²) in [6.07, 6.45) is -1.55. The lowest BCUT2D eigenvalue weighted by Gasteiger charge is -2.06. The van der Waals surface area contributed by atoms with Crippen LogP contribution >= 0.6 is 0 Å². The van der Waals surface area contributed by atoms with Gasteiger partial charge >= 0.3 is 0 Å². The summed E-state index contributed by atoms with van der Waals surface area (Å²) in [5.41, 5.74) is 0. The molecule has 1 rings (SSSR count). The Morgan fingerprint density at radius 2 is 2.40 bits per heavy atom. The Bertz CT molecular complexity index is 138. The molecule has 0 aromatic carbocycles. The summed E-state index contributed by atoms with van der Waals surface area (Å²) in [6.45, 7) is 0. The van der Waals surface area contributed by atoms with Gasteiger partial charge in [-0.25, -0.2) is 8.78 Å². The van der Waals surface area contributed by atoms with Crippen molar-refractivity contribution in [1.82, 2.24) is 5.32 Å². The predicted octanol–water partition coefficient (Wildman–Crippen LogP) is 0.920. The second kappa shape index (κ2) is 2.94. The number of carbonyl (C=O) groups excluding carboxylic acids is 1. The van der Waals surface area contributed by atoms with Crippen LogP contribution in [-0.4, -0.2) is 18.4 Å². The monoisotopic (exact) mass is 149 g/mol. The predicted molar refractivity (Wildman–Crippen MR) is 31.8 cm³/mol. The third-order valence-electron chi connectivity index (χ3n) is 1.55. The number of rotatable bonds is 2. The second-order valence-corrected chi connectivity index (χ2v) is 2.43. The number of halogens is 2. The molecule has 1 heterocycles. The molecule has 58 valence electrons. The van der Waals surface area contributed by atoms with Crippen LogP contribution in [0.5, 0.6) is 0 Å². The van der Waals surface area contributed by atoms with Crippen LogP contribution < -0.4 is 5.32 Å². The van der Waals surface area contributed by atoms with Crippen molar-refractivity contribution in [1.29, 1.82) is 0 Å². The highest BCUT2D eigenvalue weighted by atomic mass is 19.3. The van der Waals surface area contributed by atoms with Gasteiger partial charge in [0.1, 0.15) is 0 Å². The zero-order chi connectivity index (χ0) is 7.56. The van der Waals surface area contributed by atoms with Gasteiger partial charge in [-0.1, -0.05) is 0 Å². The molecule has 1 saturated heterocycles. The van der Waals surface area contributed by atoms with E-state index in [4.69, 9.17) is 0 Å². The third kappa shape index (κ3) is 1.93. The molecular weight excluding hydrogens is 140 g/mol. The standard InChI is InChI=1S/C6H9F2NO/c7-5(8)3-4-1-2-6(10)9-4/h4-5H,1-3H2,(H,9,10). The average molecular weight is 149 g/mol. The Morgan fingerprint density at radius 1 is 1.70 bits per heavy atom. The first kappa shape index (κ1) is 7.44. The van der Waals surface area contributed by atoms with Gasteiger partial charge in [-0.2, -0.15) is 0 Å². The van der Waals surface area contributed by atoms with Crippen LogP contribution in [0, 0.1) is 0 Å². The Kier molecular flexibility index (Phi) is 2.19. The summed E-state index contributed by atoms with van der Waals surface area (Å²) in [5.74, 6) is -0.106. The number of carbonyl (C=O) groups is 1. The van der Waals surface area contributed by atoms with E-state index in [0.717, 1.165) is 0 Å². The zero-order valence-electron chi connectivity index (χ0n) is 5.44. The van der Waals surface area contributed by atoms with Crippen LogP contribution in [0.25, 0.3) is 0 Å². The van der Waals surface area contributed by atoms with Crippen LogP contribution in [-0.2, 0) is 4.79 Å². The van der Waals surface area contributed by atoms with E-state index in [1.54, 1.807) is 0 Å². The Balaban J connectivity index is 2.24. The van der Waals surface area contributed by atoms with Gasteiger partial charge in [-0.3, -0.25) is 4.79 Å². The van der Waals surface area contributed by atoms with Crippen molar-refractivity contribution in [3.05, 3.63) is 0 Å². The van der Waals surface area contributed by atoms with E-state index in [9.17, 15) is 13.6 Å². The molecule has 0 aliphatic carbocycles. The lowest BCUT2D eigenvalue weighted by Crippen LogP contribution is -2.26. The molecule has 0 aromatic heterocycles. The number of nitrogens with one attached hydrogen (secondary N) is 1. The third-order valence-corrected chi connectivity index (χ3v) is 1.55. The van der Waals surface area contributed by atoms with Gasteiger partial charge in [-0.15, -0.1) is 0 Å². The molecule has 1 fully saturated rings. The highest BCUT2D eigenvalue weighted by Gasteiger charge is 2.23. The highest BCUT2D eigenvalue weighted by Crippen LogP contribution is 2.13. The van der Waals surface area contributed by atoms with Crippen molar-refractivity contribution in [2.45, 2.75) is 31.7 Å². The fourth-order valence-corrected chi connectivity index (χ4v) is 1.07. The van der Waals surface area contributed by atoms with Gasteiger partial charge in [-0.05, 0) is 6.42 Å². The van der Waals surface area contributed by atoms with Crippen molar-refractivity contribution >= 4 is 5.91 Å². The maximum Gasteiger partial charge on any atom is 0.240 e. The summed E-state index contributed by atoms with van der Waals surface area (Å²) in [5, 5.41) is 2.47. The van der Waals surface area contributed by atoms with Crippen LogP contribution in [0.15, 0.2) is 0 Å². The summed E-state index contributed by atoms with van der Waals surface area (Å²) in [6, 6.07) is -0.285. The molecule has 2 nitrogen and oxygen atoms in total. The maximum atomic E-state index is 11.7. The number of amides is 1. The SMILES string of the molecule is O=C1CCC(CC(F)F)N1. The average Bonchev–Trinajstić information content (AvgIpc) is 2.13. The van der Waals surface area contributed by atoms with Crippen LogP contribution in [0.1, 0.15) is 19.3 Å². The summed E-state index contributed by atoms with van der Waals surface area (Å²) in [4.78, 5) is 10.5. The van der Waals surface area contributed by atoms with Gasteiger partial charge < -0.3 is 5.32 Å². The molecule has 1 N–H and O–H groups in total. The smallest absolute Gasteiger partial charge is 0.240 e. The first-order chi connectivity index (χ1) is 4.68. The van der Waals surface area contributed by atoms with E-state index in [1.807, 2.05) is 0 Å². The Hall–Kier alpha value is -0.670. The van der Waals surface area contributed by atoms with Gasteiger partial charge in [0.05, 0.1) is 0 Å². The topological polar surface area (TPSA) is 29.1 Å². The van der Waals surface area contributed by atoms with Crippen molar-refractivity contribution in [2.24, 2.45) is 0 Å². The lowest BCUT2D eigenvalue weighted by atomic mass is 10.2. The minimum atomic E-state index is -2.30. The molecule has 1 amide bonds. The summed E-state index contributed by atoms with van der Waals surface area (Å²) in [7, 11) is 0. The van der Waals surface area contributed by atoms with Crippen LogP contribution in [0.4, 0.5) is 8.78 Å². The minimum absolute atomic E-state index is 0.106. The number of alkyl halides is 2. The second-order valence-electron chi connectivity index (χ2n) is 2.43. The van der Waals surface area contributed by atoms with Gasteiger partial charge in [0, 0.05) is 18.9 Å². The van der Waals surface area contributed by atoms with E-state index in [0.29, 0.717) is 12.8 Å². The molecule has 1 atom stereocenters. The zero-order valence-corrected chi connectivity index (χ0v) is 5.44. The molecule has 1 aliphatic heterocycles. The molecule has 1 unspecified atom stereocenters.